The fourth-order valence-electron chi connectivity index (χ4n) is 2.59. The van der Waals surface area contributed by atoms with Crippen molar-refractivity contribution < 1.29 is 4.74 Å². The van der Waals surface area contributed by atoms with Gasteiger partial charge in [0.2, 0.25) is 0 Å². The second kappa shape index (κ2) is 9.00. The lowest BCUT2D eigenvalue weighted by atomic mass is 10.0. The molecule has 0 radical (unpaired) electrons. The molecule has 120 valence electrons. The van der Waals surface area contributed by atoms with Gasteiger partial charge in [-0.05, 0) is 47.7 Å². The topological polar surface area (TPSA) is 33.0 Å². The number of unbranched alkanes of at least 4 members (excludes halogenated alkanes) is 1. The van der Waals surface area contributed by atoms with Crippen molar-refractivity contribution in [3.63, 3.8) is 0 Å². The van der Waals surface area contributed by atoms with Gasteiger partial charge < -0.3 is 4.74 Å². The van der Waals surface area contributed by atoms with Gasteiger partial charge >= 0.3 is 0 Å². The van der Waals surface area contributed by atoms with Crippen molar-refractivity contribution in [2.45, 2.75) is 39.5 Å². The van der Waals surface area contributed by atoms with Crippen molar-refractivity contribution >= 4 is 0 Å². The third-order valence-corrected chi connectivity index (χ3v) is 4.23. The van der Waals surface area contributed by atoms with E-state index in [1.165, 1.54) is 25.7 Å². The van der Waals surface area contributed by atoms with E-state index in [-0.39, 0.29) is 0 Å². The molecule has 2 aromatic carbocycles. The minimum absolute atomic E-state index is 0.646. The summed E-state index contributed by atoms with van der Waals surface area (Å²) in [6.07, 6.45) is 4.94. The molecule has 2 aromatic rings. The van der Waals surface area contributed by atoms with Gasteiger partial charge in [0.1, 0.15) is 5.75 Å². The number of hydrogen-bond donors (Lipinski definition) is 0. The Hall–Kier alpha value is -2.27. The first-order valence-electron chi connectivity index (χ1n) is 8.50. The Morgan fingerprint density at radius 1 is 0.957 bits per heavy atom. The molecular weight excluding hydrogens is 282 g/mol. The summed E-state index contributed by atoms with van der Waals surface area (Å²) in [5.74, 6) is 1.57. The smallest absolute Gasteiger partial charge is 0.119 e. The van der Waals surface area contributed by atoms with Crippen LogP contribution in [0.25, 0.3) is 11.1 Å². The third kappa shape index (κ3) is 5.14. The van der Waals surface area contributed by atoms with Gasteiger partial charge in [0.25, 0.3) is 0 Å². The second-order valence-corrected chi connectivity index (χ2v) is 5.94. The van der Waals surface area contributed by atoms with Crippen molar-refractivity contribution in [2.24, 2.45) is 5.92 Å². The fraction of sp³-hybridized carbons (Fsp3) is 0.381. The standard InChI is InChI=1S/C21H25NO/c1-3-5-6-17(4-2)16-23-21-13-11-20(12-14-21)19-9-7-18(15-22)8-10-19/h7-14,17H,3-6,16H2,1-2H3. The summed E-state index contributed by atoms with van der Waals surface area (Å²) >= 11 is 0. The third-order valence-electron chi connectivity index (χ3n) is 4.23. The Kier molecular flexibility index (Phi) is 6.69. The van der Waals surface area contributed by atoms with Crippen LogP contribution in [0.5, 0.6) is 5.75 Å². The summed E-state index contributed by atoms with van der Waals surface area (Å²) in [6.45, 7) is 5.26. The molecule has 0 spiro atoms. The van der Waals surface area contributed by atoms with E-state index in [4.69, 9.17) is 10.00 Å². The van der Waals surface area contributed by atoms with Crippen LogP contribution in [0.15, 0.2) is 48.5 Å². The van der Waals surface area contributed by atoms with Gasteiger partial charge in [-0.15, -0.1) is 0 Å². The van der Waals surface area contributed by atoms with E-state index in [2.05, 4.69) is 32.0 Å². The molecule has 0 N–H and O–H groups in total. The van der Waals surface area contributed by atoms with Gasteiger partial charge in [-0.25, -0.2) is 0 Å². The van der Waals surface area contributed by atoms with Crippen LogP contribution in [0.1, 0.15) is 45.1 Å². The van der Waals surface area contributed by atoms with Crippen LogP contribution in [-0.4, -0.2) is 6.61 Å². The number of ether oxygens (including phenoxy) is 1. The predicted octanol–water partition coefficient (Wildman–Crippen LogP) is 5.82. The lowest BCUT2D eigenvalue weighted by molar-refractivity contribution is 0.233. The molecule has 0 aromatic heterocycles. The molecule has 0 amide bonds. The molecule has 0 aliphatic rings. The zero-order valence-corrected chi connectivity index (χ0v) is 14.1. The summed E-state index contributed by atoms with van der Waals surface area (Å²) in [5, 5.41) is 8.85. The van der Waals surface area contributed by atoms with Crippen molar-refractivity contribution in [1.29, 1.82) is 5.26 Å². The van der Waals surface area contributed by atoms with Crippen LogP contribution in [-0.2, 0) is 0 Å². The largest absolute Gasteiger partial charge is 0.493 e. The van der Waals surface area contributed by atoms with Gasteiger partial charge in [-0.3, -0.25) is 0 Å². The Bertz CT molecular complexity index is 622. The average molecular weight is 307 g/mol. The van der Waals surface area contributed by atoms with Crippen LogP contribution in [0.3, 0.4) is 0 Å². The molecular formula is C21H25NO. The van der Waals surface area contributed by atoms with Gasteiger partial charge in [0.15, 0.2) is 0 Å². The molecule has 2 rings (SSSR count). The maximum absolute atomic E-state index is 8.85. The first-order chi connectivity index (χ1) is 11.3. The van der Waals surface area contributed by atoms with Crippen molar-refractivity contribution in [2.75, 3.05) is 6.61 Å². The molecule has 2 heteroatoms. The van der Waals surface area contributed by atoms with E-state index in [1.807, 2.05) is 36.4 Å². The van der Waals surface area contributed by atoms with Crippen molar-refractivity contribution in [3.8, 4) is 22.9 Å². The van der Waals surface area contributed by atoms with Crippen LogP contribution in [0.2, 0.25) is 0 Å². The molecule has 0 aliphatic heterocycles. The molecule has 2 nitrogen and oxygen atoms in total. The van der Waals surface area contributed by atoms with Crippen LogP contribution in [0.4, 0.5) is 0 Å². The lowest BCUT2D eigenvalue weighted by Crippen LogP contribution is -2.11. The van der Waals surface area contributed by atoms with Gasteiger partial charge in [0.05, 0.1) is 18.2 Å². The molecule has 0 aliphatic carbocycles. The van der Waals surface area contributed by atoms with E-state index < -0.39 is 0 Å². The van der Waals surface area contributed by atoms with Crippen molar-refractivity contribution in [3.05, 3.63) is 54.1 Å². The number of hydrogen-bond acceptors (Lipinski definition) is 2. The Morgan fingerprint density at radius 3 is 2.09 bits per heavy atom. The summed E-state index contributed by atoms with van der Waals surface area (Å²) in [6, 6.07) is 18.0. The molecule has 0 saturated carbocycles. The van der Waals surface area contributed by atoms with Gasteiger partial charge in [-0.1, -0.05) is 57.4 Å². The highest BCUT2D eigenvalue weighted by Gasteiger charge is 2.07. The molecule has 23 heavy (non-hydrogen) atoms. The zero-order valence-electron chi connectivity index (χ0n) is 14.1. The highest BCUT2D eigenvalue weighted by molar-refractivity contribution is 5.64. The Balaban J connectivity index is 1.94. The minimum Gasteiger partial charge on any atom is -0.493 e. The molecule has 0 saturated heterocycles. The summed E-state index contributed by atoms with van der Waals surface area (Å²) < 4.78 is 5.94. The number of benzene rings is 2. The maximum atomic E-state index is 8.85. The SMILES string of the molecule is CCCCC(CC)COc1ccc(-c2ccc(C#N)cc2)cc1. The molecule has 0 bridgehead atoms. The highest BCUT2D eigenvalue weighted by atomic mass is 16.5. The summed E-state index contributed by atoms with van der Waals surface area (Å²) in [5.41, 5.74) is 2.94. The average Bonchev–Trinajstić information content (AvgIpc) is 2.62. The first-order valence-corrected chi connectivity index (χ1v) is 8.50. The van der Waals surface area contributed by atoms with E-state index in [0.29, 0.717) is 11.5 Å². The minimum atomic E-state index is 0.646. The van der Waals surface area contributed by atoms with Gasteiger partial charge in [0, 0.05) is 0 Å². The summed E-state index contributed by atoms with van der Waals surface area (Å²) in [4.78, 5) is 0. The highest BCUT2D eigenvalue weighted by Crippen LogP contribution is 2.23. The monoisotopic (exact) mass is 307 g/mol. The van der Waals surface area contributed by atoms with Crippen LogP contribution in [0, 0.1) is 17.2 Å². The maximum Gasteiger partial charge on any atom is 0.119 e. The van der Waals surface area contributed by atoms with E-state index in [9.17, 15) is 0 Å². The number of rotatable bonds is 8. The number of nitrogens with zero attached hydrogens (tertiary/aromatic N) is 1. The molecule has 1 atom stereocenters. The van der Waals surface area contributed by atoms with E-state index in [1.54, 1.807) is 0 Å². The lowest BCUT2D eigenvalue weighted by Gasteiger charge is -2.15. The first kappa shape index (κ1) is 17.1. The predicted molar refractivity (Wildman–Crippen MR) is 95.4 cm³/mol. The quantitative estimate of drug-likeness (QED) is 0.615. The summed E-state index contributed by atoms with van der Waals surface area (Å²) in [7, 11) is 0. The van der Waals surface area contributed by atoms with Gasteiger partial charge in [-0.2, -0.15) is 5.26 Å². The Morgan fingerprint density at radius 2 is 1.57 bits per heavy atom. The fourth-order valence-corrected chi connectivity index (χ4v) is 2.59. The van der Waals surface area contributed by atoms with Crippen molar-refractivity contribution in [1.82, 2.24) is 0 Å². The van der Waals surface area contributed by atoms with Crippen LogP contribution < -0.4 is 4.74 Å². The normalized spacial score (nSPS) is 11.7. The van der Waals surface area contributed by atoms with E-state index >= 15 is 0 Å². The van der Waals surface area contributed by atoms with Crippen LogP contribution >= 0.6 is 0 Å². The Labute approximate surface area is 139 Å². The van der Waals surface area contributed by atoms with E-state index in [0.717, 1.165) is 23.5 Å². The zero-order chi connectivity index (χ0) is 16.5. The molecule has 0 heterocycles. The molecule has 1 unspecified atom stereocenters. The second-order valence-electron chi connectivity index (χ2n) is 5.94. The molecule has 0 fully saturated rings. The number of nitriles is 1.